The van der Waals surface area contributed by atoms with Gasteiger partial charge in [0.2, 0.25) is 0 Å². The highest BCUT2D eigenvalue weighted by molar-refractivity contribution is 5.00. The molecule has 4 nitrogen and oxygen atoms in total. The second-order valence-corrected chi connectivity index (χ2v) is 2.68. The fourth-order valence-electron chi connectivity index (χ4n) is 1.40. The maximum Gasteiger partial charge on any atom is 0.254 e. The number of rotatable bonds is 0. The van der Waals surface area contributed by atoms with Gasteiger partial charge in [-0.1, -0.05) is 0 Å². The average molecular weight is 151 g/mol. The zero-order valence-corrected chi connectivity index (χ0v) is 6.03. The van der Waals surface area contributed by atoms with Gasteiger partial charge < -0.3 is 5.73 Å². The van der Waals surface area contributed by atoms with Crippen LogP contribution >= 0.6 is 0 Å². The van der Waals surface area contributed by atoms with Crippen molar-refractivity contribution in [3.63, 3.8) is 0 Å². The van der Waals surface area contributed by atoms with Crippen LogP contribution in [-0.4, -0.2) is 9.55 Å². The van der Waals surface area contributed by atoms with E-state index >= 15 is 0 Å². The third-order valence-corrected chi connectivity index (χ3v) is 1.95. The molecule has 0 aromatic carbocycles. The Kier molecular flexibility index (Phi) is 1.29. The van der Waals surface area contributed by atoms with Gasteiger partial charge in [-0.25, -0.2) is 4.98 Å². The quantitative estimate of drug-likeness (QED) is 0.551. The molecule has 0 bridgehead atoms. The van der Waals surface area contributed by atoms with Crippen LogP contribution < -0.4 is 11.3 Å². The van der Waals surface area contributed by atoms with Crippen molar-refractivity contribution >= 4 is 0 Å². The van der Waals surface area contributed by atoms with Crippen LogP contribution in [0.5, 0.6) is 0 Å². The lowest BCUT2D eigenvalue weighted by molar-refractivity contribution is 0.533. The van der Waals surface area contributed by atoms with Crippen LogP contribution in [-0.2, 0) is 6.42 Å². The number of hydrogen-bond acceptors (Lipinski definition) is 3. The lowest BCUT2D eigenvalue weighted by Gasteiger charge is -2.05. The van der Waals surface area contributed by atoms with E-state index in [9.17, 15) is 4.79 Å². The molecule has 2 rings (SSSR count). The summed E-state index contributed by atoms with van der Waals surface area (Å²) in [7, 11) is 0. The van der Waals surface area contributed by atoms with Crippen LogP contribution in [0, 0.1) is 0 Å². The number of aryl methyl sites for hydroxylation is 1. The molecule has 0 saturated carbocycles. The highest BCUT2D eigenvalue weighted by atomic mass is 16.1. The Morgan fingerprint density at radius 2 is 2.55 bits per heavy atom. The predicted octanol–water partition coefficient (Wildman–Crippen LogP) is -0.353. The van der Waals surface area contributed by atoms with Crippen LogP contribution in [0.15, 0.2) is 17.1 Å². The van der Waals surface area contributed by atoms with E-state index in [1.54, 1.807) is 4.57 Å². The summed E-state index contributed by atoms with van der Waals surface area (Å²) in [6.45, 7) is 0. The standard InChI is InChI=1S/C7H9N3O/c8-5-1-2-6-9-4-3-7(11)10(5)6/h3-5H,1-2,8H2/t5-/m0/s1. The van der Waals surface area contributed by atoms with Crippen molar-refractivity contribution in [2.24, 2.45) is 5.73 Å². The first-order valence-electron chi connectivity index (χ1n) is 3.61. The van der Waals surface area contributed by atoms with Crippen molar-refractivity contribution in [1.82, 2.24) is 9.55 Å². The van der Waals surface area contributed by atoms with Gasteiger partial charge in [0.15, 0.2) is 0 Å². The third kappa shape index (κ3) is 0.867. The van der Waals surface area contributed by atoms with Crippen molar-refractivity contribution in [2.45, 2.75) is 19.0 Å². The topological polar surface area (TPSA) is 60.9 Å². The summed E-state index contributed by atoms with van der Waals surface area (Å²) in [5.74, 6) is 0.810. The predicted molar refractivity (Wildman–Crippen MR) is 40.0 cm³/mol. The summed E-state index contributed by atoms with van der Waals surface area (Å²) in [4.78, 5) is 15.2. The van der Waals surface area contributed by atoms with Crippen molar-refractivity contribution in [3.8, 4) is 0 Å². The molecule has 1 atom stereocenters. The summed E-state index contributed by atoms with van der Waals surface area (Å²) < 4.78 is 1.56. The van der Waals surface area contributed by atoms with Gasteiger partial charge >= 0.3 is 0 Å². The van der Waals surface area contributed by atoms with Crippen LogP contribution in [0.1, 0.15) is 18.4 Å². The SMILES string of the molecule is N[C@@H]1CCc2nccc(=O)n21. The summed E-state index contributed by atoms with van der Waals surface area (Å²) in [5, 5.41) is 0. The van der Waals surface area contributed by atoms with E-state index in [1.165, 1.54) is 12.3 Å². The Hall–Kier alpha value is -1.16. The van der Waals surface area contributed by atoms with Gasteiger partial charge in [-0.15, -0.1) is 0 Å². The van der Waals surface area contributed by atoms with E-state index in [2.05, 4.69) is 4.98 Å². The van der Waals surface area contributed by atoms with Crippen LogP contribution in [0.4, 0.5) is 0 Å². The zero-order valence-electron chi connectivity index (χ0n) is 6.03. The molecule has 58 valence electrons. The summed E-state index contributed by atoms with van der Waals surface area (Å²) >= 11 is 0. The Balaban J connectivity index is 2.68. The number of hydrogen-bond donors (Lipinski definition) is 1. The summed E-state index contributed by atoms with van der Waals surface area (Å²) in [6, 6.07) is 1.44. The number of aromatic nitrogens is 2. The van der Waals surface area contributed by atoms with Crippen molar-refractivity contribution in [3.05, 3.63) is 28.4 Å². The van der Waals surface area contributed by atoms with Crippen molar-refractivity contribution in [1.29, 1.82) is 0 Å². The van der Waals surface area contributed by atoms with E-state index < -0.39 is 0 Å². The monoisotopic (exact) mass is 151 g/mol. The zero-order chi connectivity index (χ0) is 7.84. The highest BCUT2D eigenvalue weighted by Crippen LogP contribution is 2.15. The first kappa shape index (κ1) is 6.54. The molecule has 1 aliphatic heterocycles. The molecule has 1 aromatic rings. The molecule has 1 aromatic heterocycles. The van der Waals surface area contributed by atoms with Crippen molar-refractivity contribution in [2.75, 3.05) is 0 Å². The molecule has 11 heavy (non-hydrogen) atoms. The Labute approximate surface area is 63.7 Å². The second-order valence-electron chi connectivity index (χ2n) is 2.68. The Morgan fingerprint density at radius 3 is 3.27 bits per heavy atom. The lowest BCUT2D eigenvalue weighted by Crippen LogP contribution is -2.27. The van der Waals surface area contributed by atoms with Crippen LogP contribution in [0.3, 0.4) is 0 Å². The van der Waals surface area contributed by atoms with Gasteiger partial charge in [-0.2, -0.15) is 0 Å². The van der Waals surface area contributed by atoms with Gasteiger partial charge in [-0.3, -0.25) is 9.36 Å². The smallest absolute Gasteiger partial charge is 0.254 e. The molecule has 0 aliphatic carbocycles. The minimum absolute atomic E-state index is 0.0417. The maximum atomic E-state index is 11.2. The minimum Gasteiger partial charge on any atom is -0.311 e. The van der Waals surface area contributed by atoms with Gasteiger partial charge in [0.1, 0.15) is 5.82 Å². The van der Waals surface area contributed by atoms with E-state index in [4.69, 9.17) is 5.73 Å². The van der Waals surface area contributed by atoms with Crippen LogP contribution in [0.25, 0.3) is 0 Å². The normalized spacial score (nSPS) is 21.7. The van der Waals surface area contributed by atoms with Crippen molar-refractivity contribution < 1.29 is 0 Å². The summed E-state index contributed by atoms with van der Waals surface area (Å²) in [6.07, 6.45) is 3.02. The van der Waals surface area contributed by atoms with E-state index in [1.807, 2.05) is 0 Å². The highest BCUT2D eigenvalue weighted by Gasteiger charge is 2.19. The van der Waals surface area contributed by atoms with E-state index in [-0.39, 0.29) is 11.7 Å². The molecule has 1 aliphatic rings. The molecular weight excluding hydrogens is 142 g/mol. The minimum atomic E-state index is -0.161. The molecule has 0 spiro atoms. The molecule has 0 fully saturated rings. The Bertz CT molecular complexity index is 331. The number of nitrogens with zero attached hydrogens (tertiary/aromatic N) is 2. The Morgan fingerprint density at radius 1 is 1.73 bits per heavy atom. The molecule has 2 N–H and O–H groups in total. The first-order valence-corrected chi connectivity index (χ1v) is 3.61. The molecule has 0 unspecified atom stereocenters. The number of fused-ring (bicyclic) bond motifs is 1. The molecule has 0 saturated heterocycles. The lowest BCUT2D eigenvalue weighted by atomic mass is 10.3. The van der Waals surface area contributed by atoms with Gasteiger partial charge in [0, 0.05) is 18.7 Å². The van der Waals surface area contributed by atoms with Gasteiger partial charge in [-0.05, 0) is 6.42 Å². The van der Waals surface area contributed by atoms with E-state index in [0.29, 0.717) is 0 Å². The number of nitrogens with two attached hydrogens (primary N) is 1. The average Bonchev–Trinajstić information content (AvgIpc) is 2.34. The molecule has 0 radical (unpaired) electrons. The summed E-state index contributed by atoms with van der Waals surface area (Å²) in [5.41, 5.74) is 5.63. The molecular formula is C7H9N3O. The fourth-order valence-corrected chi connectivity index (χ4v) is 1.40. The fraction of sp³-hybridized carbons (Fsp3) is 0.429. The largest absolute Gasteiger partial charge is 0.311 e. The van der Waals surface area contributed by atoms with Gasteiger partial charge in [0.25, 0.3) is 5.56 Å². The van der Waals surface area contributed by atoms with Gasteiger partial charge in [0.05, 0.1) is 6.17 Å². The second kappa shape index (κ2) is 2.17. The molecule has 0 amide bonds. The molecule has 2 heterocycles. The van der Waals surface area contributed by atoms with E-state index in [0.717, 1.165) is 18.7 Å². The van der Waals surface area contributed by atoms with Crippen LogP contribution in [0.2, 0.25) is 0 Å². The molecule has 4 heteroatoms. The third-order valence-electron chi connectivity index (χ3n) is 1.95. The maximum absolute atomic E-state index is 11.2. The first-order chi connectivity index (χ1) is 5.29.